The maximum Gasteiger partial charge on any atom is 0.247 e. The van der Waals surface area contributed by atoms with E-state index in [4.69, 9.17) is 4.74 Å². The van der Waals surface area contributed by atoms with Crippen LogP contribution in [0.15, 0.2) is 4.90 Å². The van der Waals surface area contributed by atoms with Gasteiger partial charge in [-0.1, -0.05) is 0 Å². The summed E-state index contributed by atoms with van der Waals surface area (Å²) in [5.74, 6) is -0.382. The number of aromatic amines is 1. The Bertz CT molecular complexity index is 590. The molecule has 2 rings (SSSR count). The molecule has 2 N–H and O–H groups in total. The van der Waals surface area contributed by atoms with Crippen molar-refractivity contribution in [2.24, 2.45) is 0 Å². The number of hydrogen-bond acceptors (Lipinski definition) is 5. The van der Waals surface area contributed by atoms with Crippen molar-refractivity contribution < 1.29 is 17.9 Å². The molecule has 1 aliphatic heterocycles. The van der Waals surface area contributed by atoms with Crippen molar-refractivity contribution in [3.05, 3.63) is 11.4 Å². The minimum absolute atomic E-state index is 0.0504. The first-order chi connectivity index (χ1) is 9.39. The highest BCUT2D eigenvalue weighted by molar-refractivity contribution is 7.89. The number of ether oxygens (including phenoxy) is 1. The van der Waals surface area contributed by atoms with Gasteiger partial charge in [-0.2, -0.15) is 9.40 Å². The lowest BCUT2D eigenvalue weighted by molar-refractivity contribution is -0.128. The molecule has 0 aliphatic carbocycles. The highest BCUT2D eigenvalue weighted by Gasteiger charge is 2.39. The van der Waals surface area contributed by atoms with E-state index in [0.29, 0.717) is 11.4 Å². The number of sulfonamides is 1. The van der Waals surface area contributed by atoms with Crippen LogP contribution in [0.1, 0.15) is 11.4 Å². The molecule has 20 heavy (non-hydrogen) atoms. The van der Waals surface area contributed by atoms with Gasteiger partial charge >= 0.3 is 0 Å². The molecule has 1 atom stereocenters. The lowest BCUT2D eigenvalue weighted by atomic mass is 10.2. The average molecular weight is 302 g/mol. The zero-order valence-electron chi connectivity index (χ0n) is 11.6. The van der Waals surface area contributed by atoms with Gasteiger partial charge in [0.2, 0.25) is 15.9 Å². The van der Waals surface area contributed by atoms with Crippen molar-refractivity contribution in [1.82, 2.24) is 19.8 Å². The van der Waals surface area contributed by atoms with Crippen LogP contribution in [0.3, 0.4) is 0 Å². The lowest BCUT2D eigenvalue weighted by Gasteiger charge is -2.33. The maximum atomic E-state index is 12.8. The fourth-order valence-corrected chi connectivity index (χ4v) is 4.18. The molecule has 1 saturated heterocycles. The van der Waals surface area contributed by atoms with E-state index in [1.165, 1.54) is 11.4 Å². The highest BCUT2D eigenvalue weighted by Crippen LogP contribution is 2.24. The summed E-state index contributed by atoms with van der Waals surface area (Å²) in [6.07, 6.45) is 0. The summed E-state index contributed by atoms with van der Waals surface area (Å²) in [6.45, 7) is 3.72. The molecule has 2 heterocycles. The van der Waals surface area contributed by atoms with E-state index in [-0.39, 0.29) is 30.6 Å². The summed E-state index contributed by atoms with van der Waals surface area (Å²) in [5, 5.41) is 9.02. The molecule has 8 nitrogen and oxygen atoms in total. The topological polar surface area (TPSA) is 104 Å². The van der Waals surface area contributed by atoms with Crippen LogP contribution in [-0.2, 0) is 19.6 Å². The molecule has 1 aliphatic rings. The summed E-state index contributed by atoms with van der Waals surface area (Å²) < 4.78 is 31.9. The van der Waals surface area contributed by atoms with E-state index in [2.05, 4.69) is 15.5 Å². The minimum Gasteiger partial charge on any atom is -0.378 e. The number of aromatic nitrogens is 2. The quantitative estimate of drug-likeness (QED) is 0.758. The Morgan fingerprint density at radius 3 is 2.75 bits per heavy atom. The van der Waals surface area contributed by atoms with Crippen molar-refractivity contribution in [1.29, 1.82) is 0 Å². The number of carbonyl (C=O) groups excluding carboxylic acids is 1. The predicted molar refractivity (Wildman–Crippen MR) is 70.6 cm³/mol. The number of carbonyl (C=O) groups is 1. The molecule has 1 unspecified atom stereocenters. The number of morpholine rings is 1. The van der Waals surface area contributed by atoms with Crippen molar-refractivity contribution in [2.45, 2.75) is 24.8 Å². The number of aryl methyl sites for hydroxylation is 2. The van der Waals surface area contributed by atoms with Crippen molar-refractivity contribution in [3.63, 3.8) is 0 Å². The molecule has 1 aromatic rings. The van der Waals surface area contributed by atoms with Crippen LogP contribution in [0.2, 0.25) is 0 Å². The monoisotopic (exact) mass is 302 g/mol. The first kappa shape index (κ1) is 14.9. The Labute approximate surface area is 117 Å². The largest absolute Gasteiger partial charge is 0.378 e. The van der Waals surface area contributed by atoms with Gasteiger partial charge in [0.1, 0.15) is 10.9 Å². The van der Waals surface area contributed by atoms with E-state index in [1.807, 2.05) is 0 Å². The fraction of sp³-hybridized carbons (Fsp3) is 0.636. The Kier molecular flexibility index (Phi) is 4.11. The Hall–Kier alpha value is -1.45. The summed E-state index contributed by atoms with van der Waals surface area (Å²) in [5.41, 5.74) is 0.856. The number of amides is 1. The normalized spacial score (nSPS) is 20.9. The zero-order valence-corrected chi connectivity index (χ0v) is 12.5. The van der Waals surface area contributed by atoms with Crippen LogP contribution in [0.4, 0.5) is 0 Å². The minimum atomic E-state index is -3.79. The molecule has 0 spiro atoms. The first-order valence-electron chi connectivity index (χ1n) is 6.22. The standard InChI is InChI=1S/C11H18N4O4S/c1-7-10(8(2)14-13-7)20(17,18)15-4-5-19-6-9(15)11(16)12-3/h9H,4-6H2,1-3H3,(H,12,16)(H,13,14). The second-order valence-electron chi connectivity index (χ2n) is 4.58. The highest BCUT2D eigenvalue weighted by atomic mass is 32.2. The van der Waals surface area contributed by atoms with Gasteiger partial charge in [0.25, 0.3) is 0 Å². The number of hydrogen-bond donors (Lipinski definition) is 2. The molecular formula is C11H18N4O4S. The van der Waals surface area contributed by atoms with Gasteiger partial charge in [-0.15, -0.1) is 0 Å². The maximum absolute atomic E-state index is 12.8. The smallest absolute Gasteiger partial charge is 0.247 e. The van der Waals surface area contributed by atoms with Gasteiger partial charge < -0.3 is 10.1 Å². The molecule has 0 radical (unpaired) electrons. The third kappa shape index (κ3) is 2.43. The number of nitrogens with zero attached hydrogens (tertiary/aromatic N) is 2. The predicted octanol–water partition coefficient (Wildman–Crippen LogP) is -0.838. The summed E-state index contributed by atoms with van der Waals surface area (Å²) in [7, 11) is -2.32. The molecule has 1 amide bonds. The molecule has 112 valence electrons. The van der Waals surface area contributed by atoms with E-state index >= 15 is 0 Å². The van der Waals surface area contributed by atoms with Crippen LogP contribution < -0.4 is 5.32 Å². The molecule has 1 fully saturated rings. The Morgan fingerprint density at radius 2 is 2.20 bits per heavy atom. The van der Waals surface area contributed by atoms with Crippen LogP contribution in [0.25, 0.3) is 0 Å². The summed E-state index contributed by atoms with van der Waals surface area (Å²) in [4.78, 5) is 12.0. The number of rotatable bonds is 3. The zero-order chi connectivity index (χ0) is 14.9. The molecule has 0 bridgehead atoms. The second kappa shape index (κ2) is 5.51. The van der Waals surface area contributed by atoms with Crippen LogP contribution in [0, 0.1) is 13.8 Å². The Balaban J connectivity index is 2.44. The second-order valence-corrected chi connectivity index (χ2v) is 6.41. The average Bonchev–Trinajstić information content (AvgIpc) is 2.77. The van der Waals surface area contributed by atoms with Gasteiger partial charge in [-0.05, 0) is 13.8 Å². The van der Waals surface area contributed by atoms with Crippen molar-refractivity contribution in [3.8, 4) is 0 Å². The Morgan fingerprint density at radius 1 is 1.50 bits per heavy atom. The van der Waals surface area contributed by atoms with Gasteiger partial charge in [0, 0.05) is 13.6 Å². The molecular weight excluding hydrogens is 284 g/mol. The van der Waals surface area contributed by atoms with E-state index in [0.717, 1.165) is 0 Å². The lowest BCUT2D eigenvalue weighted by Crippen LogP contribution is -2.55. The fourth-order valence-electron chi connectivity index (χ4n) is 2.29. The molecule has 1 aromatic heterocycles. The van der Waals surface area contributed by atoms with Gasteiger partial charge in [0.15, 0.2) is 0 Å². The van der Waals surface area contributed by atoms with Crippen molar-refractivity contribution in [2.75, 3.05) is 26.8 Å². The first-order valence-corrected chi connectivity index (χ1v) is 7.66. The molecule has 9 heteroatoms. The van der Waals surface area contributed by atoms with Crippen LogP contribution >= 0.6 is 0 Å². The summed E-state index contributed by atoms with van der Waals surface area (Å²) >= 11 is 0. The van der Waals surface area contributed by atoms with Gasteiger partial charge in [-0.3, -0.25) is 9.89 Å². The third-order valence-electron chi connectivity index (χ3n) is 3.26. The van der Waals surface area contributed by atoms with E-state index < -0.39 is 16.1 Å². The summed E-state index contributed by atoms with van der Waals surface area (Å²) in [6, 6.07) is -0.854. The third-order valence-corrected chi connectivity index (χ3v) is 5.43. The van der Waals surface area contributed by atoms with Gasteiger partial charge in [-0.25, -0.2) is 8.42 Å². The molecule has 0 saturated carbocycles. The van der Waals surface area contributed by atoms with Gasteiger partial charge in [0.05, 0.1) is 24.6 Å². The van der Waals surface area contributed by atoms with Crippen molar-refractivity contribution >= 4 is 15.9 Å². The van der Waals surface area contributed by atoms with E-state index in [1.54, 1.807) is 13.8 Å². The van der Waals surface area contributed by atoms with E-state index in [9.17, 15) is 13.2 Å². The molecule has 0 aromatic carbocycles. The number of H-pyrrole nitrogens is 1. The number of nitrogens with one attached hydrogen (secondary N) is 2. The number of likely N-dealkylation sites (N-methyl/N-ethyl adjacent to an activating group) is 1. The van der Waals surface area contributed by atoms with Crippen LogP contribution in [-0.4, -0.2) is 61.7 Å². The SMILES string of the molecule is CNC(=O)C1COCCN1S(=O)(=O)c1c(C)n[nH]c1C. The van der Waals surface area contributed by atoms with Crippen LogP contribution in [0.5, 0.6) is 0 Å².